The van der Waals surface area contributed by atoms with Crippen LogP contribution in [0.3, 0.4) is 0 Å². The van der Waals surface area contributed by atoms with E-state index in [1.54, 1.807) is 0 Å². The van der Waals surface area contributed by atoms with Crippen LogP contribution in [0, 0.1) is 0 Å². The maximum atomic E-state index is 4.24. The van der Waals surface area contributed by atoms with Gasteiger partial charge in [-0.15, -0.1) is 0 Å². The third-order valence-corrected chi connectivity index (χ3v) is 3.87. The van der Waals surface area contributed by atoms with Gasteiger partial charge < -0.3 is 5.32 Å². The third-order valence-electron chi connectivity index (χ3n) is 3.87. The van der Waals surface area contributed by atoms with E-state index in [0.717, 1.165) is 6.54 Å². The predicted octanol–water partition coefficient (Wildman–Crippen LogP) is 1.55. The Balaban J connectivity index is 1.90. The molecule has 0 bridgehead atoms. The fourth-order valence-corrected chi connectivity index (χ4v) is 2.61. The van der Waals surface area contributed by atoms with E-state index in [0.29, 0.717) is 12.1 Å². The lowest BCUT2D eigenvalue weighted by Crippen LogP contribution is -2.43. The second kappa shape index (κ2) is 5.65. The van der Waals surface area contributed by atoms with E-state index < -0.39 is 0 Å². The smallest absolute Gasteiger partial charge is 0.0549 e. The highest BCUT2D eigenvalue weighted by atomic mass is 15.3. The molecule has 4 heteroatoms. The highest BCUT2D eigenvalue weighted by Gasteiger charge is 2.19. The van der Waals surface area contributed by atoms with Crippen LogP contribution in [0.25, 0.3) is 0 Å². The molecule has 1 aliphatic heterocycles. The van der Waals surface area contributed by atoms with Gasteiger partial charge in [0.05, 0.1) is 5.69 Å². The normalized spacial score (nSPS) is 22.9. The molecule has 2 rings (SSSR count). The van der Waals surface area contributed by atoms with Gasteiger partial charge in [0.15, 0.2) is 0 Å². The predicted molar refractivity (Wildman–Crippen MR) is 69.9 cm³/mol. The van der Waals surface area contributed by atoms with Crippen molar-refractivity contribution in [3.63, 3.8) is 0 Å². The van der Waals surface area contributed by atoms with Crippen molar-refractivity contribution in [2.24, 2.45) is 7.05 Å². The molecule has 2 unspecified atom stereocenters. The lowest BCUT2D eigenvalue weighted by molar-refractivity contribution is 0.208. The van der Waals surface area contributed by atoms with Gasteiger partial charge in [-0.3, -0.25) is 9.58 Å². The summed E-state index contributed by atoms with van der Waals surface area (Å²) in [5, 5.41) is 7.84. The van der Waals surface area contributed by atoms with Crippen LogP contribution < -0.4 is 5.32 Å². The van der Waals surface area contributed by atoms with Crippen LogP contribution in [0.1, 0.15) is 37.9 Å². The van der Waals surface area contributed by atoms with Crippen molar-refractivity contribution in [1.82, 2.24) is 20.0 Å². The highest BCUT2D eigenvalue weighted by Crippen LogP contribution is 2.19. The van der Waals surface area contributed by atoms with Gasteiger partial charge in [0.25, 0.3) is 0 Å². The number of nitrogens with zero attached hydrogens (tertiary/aromatic N) is 3. The van der Waals surface area contributed by atoms with Gasteiger partial charge in [0, 0.05) is 31.9 Å². The fourth-order valence-electron chi connectivity index (χ4n) is 2.61. The zero-order chi connectivity index (χ0) is 12.3. The standard InChI is InChI=1S/C13H24N4/c1-11(13-7-9-15-17(13)3)16(2)10-12-6-4-5-8-14-12/h7,9,11-12,14H,4-6,8,10H2,1-3H3. The van der Waals surface area contributed by atoms with Gasteiger partial charge in [0.1, 0.15) is 0 Å². The van der Waals surface area contributed by atoms with Crippen molar-refractivity contribution >= 4 is 0 Å². The molecule has 17 heavy (non-hydrogen) atoms. The number of likely N-dealkylation sites (N-methyl/N-ethyl adjacent to an activating group) is 1. The van der Waals surface area contributed by atoms with E-state index >= 15 is 0 Å². The van der Waals surface area contributed by atoms with Gasteiger partial charge in [0.2, 0.25) is 0 Å². The lowest BCUT2D eigenvalue weighted by Gasteiger charge is -2.31. The SMILES string of the molecule is CC(c1ccnn1C)N(C)CC1CCCCN1. The van der Waals surface area contributed by atoms with Crippen molar-refractivity contribution in [3.05, 3.63) is 18.0 Å². The Bertz CT molecular complexity index is 341. The summed E-state index contributed by atoms with van der Waals surface area (Å²) in [7, 11) is 4.21. The number of nitrogens with one attached hydrogen (secondary N) is 1. The zero-order valence-corrected chi connectivity index (χ0v) is 11.2. The topological polar surface area (TPSA) is 33.1 Å². The van der Waals surface area contributed by atoms with Crippen LogP contribution in [0.4, 0.5) is 0 Å². The van der Waals surface area contributed by atoms with Crippen molar-refractivity contribution in [2.45, 2.75) is 38.3 Å². The molecule has 0 radical (unpaired) electrons. The summed E-state index contributed by atoms with van der Waals surface area (Å²) in [5.74, 6) is 0. The summed E-state index contributed by atoms with van der Waals surface area (Å²) in [4.78, 5) is 2.42. The van der Waals surface area contributed by atoms with Gasteiger partial charge in [-0.25, -0.2) is 0 Å². The molecular weight excluding hydrogens is 212 g/mol. The average molecular weight is 236 g/mol. The van der Waals surface area contributed by atoms with Crippen molar-refractivity contribution in [2.75, 3.05) is 20.1 Å². The Hall–Kier alpha value is -0.870. The van der Waals surface area contributed by atoms with E-state index in [2.05, 4.69) is 35.4 Å². The summed E-state index contributed by atoms with van der Waals surface area (Å²) >= 11 is 0. The van der Waals surface area contributed by atoms with E-state index in [1.165, 1.54) is 31.5 Å². The molecule has 0 amide bonds. The van der Waals surface area contributed by atoms with Crippen LogP contribution >= 0.6 is 0 Å². The second-order valence-corrected chi connectivity index (χ2v) is 5.14. The van der Waals surface area contributed by atoms with Crippen LogP contribution in [0.15, 0.2) is 12.3 Å². The molecule has 1 aliphatic rings. The summed E-state index contributed by atoms with van der Waals surface area (Å²) in [6.45, 7) is 4.55. The first-order chi connectivity index (χ1) is 8.18. The molecule has 1 aromatic heterocycles. The monoisotopic (exact) mass is 236 g/mol. The highest BCUT2D eigenvalue weighted by molar-refractivity contribution is 5.05. The molecule has 1 saturated heterocycles. The number of aromatic nitrogens is 2. The lowest BCUT2D eigenvalue weighted by atomic mass is 10.0. The Labute approximate surface area is 104 Å². The van der Waals surface area contributed by atoms with Crippen LogP contribution in [-0.4, -0.2) is 40.9 Å². The molecular formula is C13H24N4. The summed E-state index contributed by atoms with van der Waals surface area (Å²) < 4.78 is 1.97. The Morgan fingerprint density at radius 1 is 1.59 bits per heavy atom. The van der Waals surface area contributed by atoms with Gasteiger partial charge in [-0.2, -0.15) is 5.10 Å². The zero-order valence-electron chi connectivity index (χ0n) is 11.2. The quantitative estimate of drug-likeness (QED) is 0.861. The Morgan fingerprint density at radius 3 is 3.00 bits per heavy atom. The summed E-state index contributed by atoms with van der Waals surface area (Å²) in [5.41, 5.74) is 1.28. The van der Waals surface area contributed by atoms with Gasteiger partial charge in [-0.05, 0) is 39.4 Å². The summed E-state index contributed by atoms with van der Waals surface area (Å²) in [6.07, 6.45) is 5.88. The first-order valence-electron chi connectivity index (χ1n) is 6.60. The number of piperidine rings is 1. The van der Waals surface area contributed by atoms with E-state index in [1.807, 2.05) is 17.9 Å². The molecule has 1 aromatic rings. The van der Waals surface area contributed by atoms with E-state index in [9.17, 15) is 0 Å². The maximum absolute atomic E-state index is 4.24. The van der Waals surface area contributed by atoms with Crippen molar-refractivity contribution in [1.29, 1.82) is 0 Å². The van der Waals surface area contributed by atoms with Gasteiger partial charge >= 0.3 is 0 Å². The van der Waals surface area contributed by atoms with E-state index in [4.69, 9.17) is 0 Å². The average Bonchev–Trinajstić information content (AvgIpc) is 2.76. The van der Waals surface area contributed by atoms with Gasteiger partial charge in [-0.1, -0.05) is 6.42 Å². The molecule has 0 saturated carbocycles. The van der Waals surface area contributed by atoms with E-state index in [-0.39, 0.29) is 0 Å². The number of hydrogen-bond donors (Lipinski definition) is 1. The number of hydrogen-bond acceptors (Lipinski definition) is 3. The molecule has 1 fully saturated rings. The molecule has 0 spiro atoms. The number of rotatable bonds is 4. The largest absolute Gasteiger partial charge is 0.313 e. The molecule has 0 aromatic carbocycles. The molecule has 2 atom stereocenters. The minimum absolute atomic E-state index is 0.422. The third kappa shape index (κ3) is 3.07. The van der Waals surface area contributed by atoms with Crippen LogP contribution in [0.5, 0.6) is 0 Å². The Morgan fingerprint density at radius 2 is 2.41 bits per heavy atom. The Kier molecular flexibility index (Phi) is 4.18. The van der Waals surface area contributed by atoms with Crippen molar-refractivity contribution < 1.29 is 0 Å². The first-order valence-corrected chi connectivity index (χ1v) is 6.60. The fraction of sp³-hybridized carbons (Fsp3) is 0.769. The molecule has 1 N–H and O–H groups in total. The van der Waals surface area contributed by atoms with Crippen molar-refractivity contribution in [3.8, 4) is 0 Å². The second-order valence-electron chi connectivity index (χ2n) is 5.14. The number of aryl methyl sites for hydroxylation is 1. The summed E-state index contributed by atoms with van der Waals surface area (Å²) in [6, 6.07) is 3.19. The molecule has 2 heterocycles. The first kappa shape index (κ1) is 12.6. The molecule has 96 valence electrons. The minimum atomic E-state index is 0.422. The molecule has 0 aliphatic carbocycles. The minimum Gasteiger partial charge on any atom is -0.313 e. The van der Waals surface area contributed by atoms with Crippen LogP contribution in [0.2, 0.25) is 0 Å². The molecule has 4 nitrogen and oxygen atoms in total. The van der Waals surface area contributed by atoms with Crippen LogP contribution in [-0.2, 0) is 7.05 Å². The maximum Gasteiger partial charge on any atom is 0.0549 e.